The van der Waals surface area contributed by atoms with Crippen molar-refractivity contribution in [1.82, 2.24) is 0 Å². The second kappa shape index (κ2) is 5.88. The summed E-state index contributed by atoms with van der Waals surface area (Å²) in [6.07, 6.45) is 2.24. The number of anilines is 1. The molecular weight excluding hydrogens is 210 g/mol. The molecule has 0 aliphatic carbocycles. The Kier molecular flexibility index (Phi) is 4.78. The molecule has 15 heavy (non-hydrogen) atoms. The van der Waals surface area contributed by atoms with Crippen LogP contribution in [0.15, 0.2) is 24.3 Å². The number of benzene rings is 1. The molecule has 0 spiro atoms. The molecule has 0 radical (unpaired) electrons. The van der Waals surface area contributed by atoms with E-state index in [-0.39, 0.29) is 0 Å². The first kappa shape index (κ1) is 12.2. The molecule has 0 aromatic heterocycles. The van der Waals surface area contributed by atoms with Gasteiger partial charge in [-0.1, -0.05) is 26.0 Å². The maximum absolute atomic E-state index is 10.5. The highest BCUT2D eigenvalue weighted by atomic mass is 32.2. The van der Waals surface area contributed by atoms with E-state index in [1.54, 1.807) is 0 Å². The van der Waals surface area contributed by atoms with Crippen LogP contribution in [-0.4, -0.2) is 8.76 Å². The highest BCUT2D eigenvalue weighted by molar-refractivity contribution is 7.80. The van der Waals surface area contributed by atoms with Gasteiger partial charge in [-0.3, -0.25) is 9.27 Å². The van der Waals surface area contributed by atoms with E-state index in [4.69, 9.17) is 4.55 Å². The van der Waals surface area contributed by atoms with E-state index in [0.29, 0.717) is 11.6 Å². The molecular formula is C11H17NO2S. The van der Waals surface area contributed by atoms with Gasteiger partial charge in [-0.15, -0.1) is 0 Å². The fourth-order valence-corrected chi connectivity index (χ4v) is 2.02. The quantitative estimate of drug-likeness (QED) is 0.759. The minimum atomic E-state index is -1.99. The van der Waals surface area contributed by atoms with E-state index in [2.05, 4.69) is 18.6 Å². The van der Waals surface area contributed by atoms with Gasteiger partial charge in [0.2, 0.25) is 0 Å². The Morgan fingerprint density at radius 3 is 2.20 bits per heavy atom. The molecule has 1 aromatic carbocycles. The zero-order valence-electron chi connectivity index (χ0n) is 9.06. The van der Waals surface area contributed by atoms with E-state index in [1.165, 1.54) is 5.56 Å². The van der Waals surface area contributed by atoms with Gasteiger partial charge in [-0.05, 0) is 36.5 Å². The van der Waals surface area contributed by atoms with Crippen molar-refractivity contribution in [3.63, 3.8) is 0 Å². The van der Waals surface area contributed by atoms with Gasteiger partial charge in [0.15, 0.2) is 0 Å². The van der Waals surface area contributed by atoms with Crippen LogP contribution in [0.4, 0.5) is 5.69 Å². The Balaban J connectivity index is 2.75. The van der Waals surface area contributed by atoms with Crippen molar-refractivity contribution in [1.29, 1.82) is 0 Å². The van der Waals surface area contributed by atoms with Crippen LogP contribution >= 0.6 is 0 Å². The predicted molar refractivity (Wildman–Crippen MR) is 64.2 cm³/mol. The van der Waals surface area contributed by atoms with E-state index in [0.717, 1.165) is 12.8 Å². The summed E-state index contributed by atoms with van der Waals surface area (Å²) in [6, 6.07) is 7.68. The number of nitrogens with one attached hydrogen (secondary N) is 1. The third-order valence-electron chi connectivity index (χ3n) is 2.57. The topological polar surface area (TPSA) is 49.3 Å². The highest BCUT2D eigenvalue weighted by Gasteiger charge is 2.06. The molecule has 0 amide bonds. The molecule has 0 fully saturated rings. The Morgan fingerprint density at radius 1 is 1.27 bits per heavy atom. The van der Waals surface area contributed by atoms with Crippen LogP contribution in [0.1, 0.15) is 38.2 Å². The molecule has 84 valence electrons. The van der Waals surface area contributed by atoms with Crippen molar-refractivity contribution in [3.8, 4) is 0 Å². The molecule has 0 saturated carbocycles. The minimum absolute atomic E-state index is 0.582. The van der Waals surface area contributed by atoms with Crippen LogP contribution < -0.4 is 4.72 Å². The van der Waals surface area contributed by atoms with E-state index in [9.17, 15) is 4.21 Å². The van der Waals surface area contributed by atoms with Crippen LogP contribution in [0.25, 0.3) is 0 Å². The van der Waals surface area contributed by atoms with E-state index < -0.39 is 11.3 Å². The third-order valence-corrected chi connectivity index (χ3v) is 2.98. The Hall–Kier alpha value is -0.870. The molecule has 0 saturated heterocycles. The Morgan fingerprint density at radius 2 is 1.80 bits per heavy atom. The van der Waals surface area contributed by atoms with Crippen molar-refractivity contribution in [2.75, 3.05) is 4.72 Å². The number of hydrogen-bond acceptors (Lipinski definition) is 1. The first-order valence-electron chi connectivity index (χ1n) is 5.14. The first-order chi connectivity index (χ1) is 7.17. The lowest BCUT2D eigenvalue weighted by atomic mass is 9.94. The van der Waals surface area contributed by atoms with Crippen molar-refractivity contribution < 1.29 is 8.76 Å². The number of rotatable bonds is 5. The van der Waals surface area contributed by atoms with Crippen LogP contribution in [0.2, 0.25) is 0 Å². The Bertz CT molecular complexity index is 320. The minimum Gasteiger partial charge on any atom is -0.289 e. The van der Waals surface area contributed by atoms with E-state index >= 15 is 0 Å². The second-order valence-corrected chi connectivity index (χ2v) is 4.19. The van der Waals surface area contributed by atoms with E-state index in [1.807, 2.05) is 24.3 Å². The molecule has 0 heterocycles. The molecule has 1 aromatic rings. The molecule has 1 rings (SSSR count). The molecule has 3 nitrogen and oxygen atoms in total. The lowest BCUT2D eigenvalue weighted by Gasteiger charge is -2.13. The van der Waals surface area contributed by atoms with Gasteiger partial charge in [-0.2, -0.15) is 0 Å². The average molecular weight is 227 g/mol. The molecule has 4 heteroatoms. The van der Waals surface area contributed by atoms with Gasteiger partial charge in [0.1, 0.15) is 0 Å². The monoisotopic (exact) mass is 227 g/mol. The summed E-state index contributed by atoms with van der Waals surface area (Å²) in [6.45, 7) is 4.34. The standard InChI is InChI=1S/C11H17NO2S/c1-3-9(4-2)10-5-7-11(8-6-10)12-15(13)14/h5-9,12H,3-4H2,1-2H3,(H,13,14). The zero-order chi connectivity index (χ0) is 11.3. The molecule has 1 unspecified atom stereocenters. The van der Waals surface area contributed by atoms with Gasteiger partial charge in [0.05, 0.1) is 0 Å². The summed E-state index contributed by atoms with van der Waals surface area (Å²) in [4.78, 5) is 0. The summed E-state index contributed by atoms with van der Waals surface area (Å²) >= 11 is -1.99. The normalized spacial score (nSPS) is 12.8. The van der Waals surface area contributed by atoms with Crippen molar-refractivity contribution in [2.24, 2.45) is 0 Å². The largest absolute Gasteiger partial charge is 0.289 e. The fourth-order valence-electron chi connectivity index (χ4n) is 1.68. The first-order valence-corrected chi connectivity index (χ1v) is 6.25. The molecule has 0 aliphatic rings. The van der Waals surface area contributed by atoms with Crippen molar-refractivity contribution in [2.45, 2.75) is 32.6 Å². The lowest BCUT2D eigenvalue weighted by Crippen LogP contribution is -2.02. The molecule has 0 aliphatic heterocycles. The van der Waals surface area contributed by atoms with Gasteiger partial charge >= 0.3 is 0 Å². The summed E-state index contributed by atoms with van der Waals surface area (Å²) in [5.74, 6) is 0.582. The average Bonchev–Trinajstić information content (AvgIpc) is 2.21. The lowest BCUT2D eigenvalue weighted by molar-refractivity contribution is 0.570. The molecule has 1 atom stereocenters. The van der Waals surface area contributed by atoms with Crippen LogP contribution in [0.3, 0.4) is 0 Å². The van der Waals surface area contributed by atoms with Gasteiger partial charge < -0.3 is 0 Å². The van der Waals surface area contributed by atoms with Gasteiger partial charge in [0, 0.05) is 5.69 Å². The highest BCUT2D eigenvalue weighted by Crippen LogP contribution is 2.24. The predicted octanol–water partition coefficient (Wildman–Crippen LogP) is 3.14. The van der Waals surface area contributed by atoms with Gasteiger partial charge in [-0.25, -0.2) is 4.21 Å². The third kappa shape index (κ3) is 3.64. The maximum atomic E-state index is 10.5. The van der Waals surface area contributed by atoms with Crippen LogP contribution in [-0.2, 0) is 11.3 Å². The smallest absolute Gasteiger partial charge is 0.259 e. The number of hydrogen-bond donors (Lipinski definition) is 2. The summed E-state index contributed by atoms with van der Waals surface area (Å²) < 4.78 is 21.6. The second-order valence-electron chi connectivity index (χ2n) is 3.49. The summed E-state index contributed by atoms with van der Waals surface area (Å²) in [7, 11) is 0. The maximum Gasteiger partial charge on any atom is 0.259 e. The summed E-state index contributed by atoms with van der Waals surface area (Å²) in [5, 5.41) is 0. The van der Waals surface area contributed by atoms with Crippen LogP contribution in [0.5, 0.6) is 0 Å². The fraction of sp³-hybridized carbons (Fsp3) is 0.455. The Labute approximate surface area is 93.3 Å². The van der Waals surface area contributed by atoms with Gasteiger partial charge in [0.25, 0.3) is 11.3 Å². The zero-order valence-corrected chi connectivity index (χ0v) is 9.88. The summed E-state index contributed by atoms with van der Waals surface area (Å²) in [5.41, 5.74) is 1.96. The van der Waals surface area contributed by atoms with Crippen molar-refractivity contribution in [3.05, 3.63) is 29.8 Å². The molecule has 2 N–H and O–H groups in total. The van der Waals surface area contributed by atoms with Crippen LogP contribution in [0, 0.1) is 0 Å². The van der Waals surface area contributed by atoms with Crippen molar-refractivity contribution >= 4 is 17.0 Å². The SMILES string of the molecule is CCC(CC)c1ccc(NS(=O)O)cc1. The molecule has 0 bridgehead atoms.